The lowest BCUT2D eigenvalue weighted by molar-refractivity contribution is 0.213. The lowest BCUT2D eigenvalue weighted by atomic mass is 9.87. The van der Waals surface area contributed by atoms with Crippen LogP contribution in [0.15, 0.2) is 29.2 Å². The Morgan fingerprint density at radius 1 is 1.26 bits per heavy atom. The summed E-state index contributed by atoms with van der Waals surface area (Å²) >= 11 is 0. The van der Waals surface area contributed by atoms with Crippen molar-refractivity contribution in [2.24, 2.45) is 0 Å². The van der Waals surface area contributed by atoms with Gasteiger partial charge in [0.05, 0.1) is 11.5 Å². The quantitative estimate of drug-likeness (QED) is 0.920. The minimum absolute atomic E-state index is 0.201. The summed E-state index contributed by atoms with van der Waals surface area (Å²) in [6.07, 6.45) is 0. The Balaban J connectivity index is 3.38. The molecule has 0 aliphatic heterocycles. The number of benzene rings is 1. The Kier molecular flexibility index (Phi) is 4.76. The zero-order valence-electron chi connectivity index (χ0n) is 12.2. The van der Waals surface area contributed by atoms with Crippen LogP contribution in [0.1, 0.15) is 33.3 Å². The molecule has 0 aliphatic carbocycles. The molecule has 4 nitrogen and oxygen atoms in total. The smallest absolute Gasteiger partial charge is 0.243 e. The summed E-state index contributed by atoms with van der Waals surface area (Å²) in [7, 11) is -2.10. The minimum Gasteiger partial charge on any atom is -0.395 e. The molecule has 0 heterocycles. The molecule has 5 heteroatoms. The molecule has 0 fully saturated rings. The number of aliphatic hydroxyl groups is 1. The third-order valence-corrected chi connectivity index (χ3v) is 5.27. The van der Waals surface area contributed by atoms with Gasteiger partial charge in [-0.3, -0.25) is 0 Å². The highest BCUT2D eigenvalue weighted by Gasteiger charge is 2.30. The summed E-state index contributed by atoms with van der Waals surface area (Å²) in [4.78, 5) is 0.310. The molecule has 0 saturated carbocycles. The molecule has 0 spiro atoms. The molecule has 1 aromatic rings. The number of hydrogen-bond donors (Lipinski definition) is 1. The molecule has 19 heavy (non-hydrogen) atoms. The molecule has 0 aromatic heterocycles. The van der Waals surface area contributed by atoms with Crippen molar-refractivity contribution in [1.29, 1.82) is 0 Å². The van der Waals surface area contributed by atoms with E-state index >= 15 is 0 Å². The van der Waals surface area contributed by atoms with Crippen LogP contribution in [0, 0.1) is 0 Å². The average Bonchev–Trinajstić information content (AvgIpc) is 2.35. The molecule has 0 amide bonds. The summed E-state index contributed by atoms with van der Waals surface area (Å²) in [5.74, 6) is 0. The Hall–Kier alpha value is -0.910. The van der Waals surface area contributed by atoms with E-state index in [1.165, 1.54) is 11.4 Å². The molecule has 0 radical (unpaired) electrons. The van der Waals surface area contributed by atoms with Crippen molar-refractivity contribution in [2.45, 2.75) is 44.0 Å². The maximum absolute atomic E-state index is 12.6. The SMILES string of the molecule is CC(CO)N(C)S(=O)(=O)c1ccccc1C(C)(C)C. The van der Waals surface area contributed by atoms with Crippen molar-refractivity contribution in [3.63, 3.8) is 0 Å². The minimum atomic E-state index is -3.59. The normalized spacial score (nSPS) is 14.7. The number of rotatable bonds is 4. The molecule has 0 aliphatic rings. The maximum Gasteiger partial charge on any atom is 0.243 e. The second-order valence-electron chi connectivity index (χ2n) is 5.80. The Morgan fingerprint density at radius 3 is 2.26 bits per heavy atom. The first-order valence-electron chi connectivity index (χ1n) is 6.30. The molecule has 0 bridgehead atoms. The summed E-state index contributed by atoms with van der Waals surface area (Å²) in [6, 6.07) is 6.58. The average molecular weight is 285 g/mol. The molecule has 1 rings (SSSR count). The number of likely N-dealkylation sites (N-methyl/N-ethyl adjacent to an activating group) is 1. The highest BCUT2D eigenvalue weighted by Crippen LogP contribution is 2.30. The molecule has 1 unspecified atom stereocenters. The number of hydrogen-bond acceptors (Lipinski definition) is 3. The van der Waals surface area contributed by atoms with Gasteiger partial charge in [-0.25, -0.2) is 8.42 Å². The van der Waals surface area contributed by atoms with Crippen LogP contribution in [0.5, 0.6) is 0 Å². The van der Waals surface area contributed by atoms with Crippen LogP contribution in [0.3, 0.4) is 0 Å². The summed E-state index contributed by atoms with van der Waals surface area (Å²) < 4.78 is 26.4. The van der Waals surface area contributed by atoms with Crippen LogP contribution in [0.4, 0.5) is 0 Å². The zero-order valence-corrected chi connectivity index (χ0v) is 13.0. The van der Waals surface area contributed by atoms with Crippen molar-refractivity contribution in [3.05, 3.63) is 29.8 Å². The number of sulfonamides is 1. The first-order chi connectivity index (χ1) is 8.62. The van der Waals surface area contributed by atoms with Crippen molar-refractivity contribution >= 4 is 10.0 Å². The highest BCUT2D eigenvalue weighted by atomic mass is 32.2. The summed E-state index contributed by atoms with van der Waals surface area (Å²) in [5.41, 5.74) is 0.527. The Morgan fingerprint density at radius 2 is 1.79 bits per heavy atom. The fourth-order valence-electron chi connectivity index (χ4n) is 1.82. The van der Waals surface area contributed by atoms with E-state index in [0.29, 0.717) is 4.90 Å². The predicted octanol–water partition coefficient (Wildman–Crippen LogP) is 1.99. The van der Waals surface area contributed by atoms with Gasteiger partial charge in [-0.15, -0.1) is 0 Å². The van der Waals surface area contributed by atoms with Gasteiger partial charge in [-0.1, -0.05) is 39.0 Å². The maximum atomic E-state index is 12.6. The van der Waals surface area contributed by atoms with Crippen LogP contribution in [-0.2, 0) is 15.4 Å². The third-order valence-electron chi connectivity index (χ3n) is 3.24. The van der Waals surface area contributed by atoms with E-state index in [0.717, 1.165) is 5.56 Å². The van der Waals surface area contributed by atoms with Gasteiger partial charge < -0.3 is 5.11 Å². The summed E-state index contributed by atoms with van der Waals surface area (Å²) in [6.45, 7) is 7.43. The van der Waals surface area contributed by atoms with E-state index in [9.17, 15) is 8.42 Å². The van der Waals surface area contributed by atoms with Crippen LogP contribution in [0.25, 0.3) is 0 Å². The van der Waals surface area contributed by atoms with Gasteiger partial charge >= 0.3 is 0 Å². The van der Waals surface area contributed by atoms with Crippen LogP contribution < -0.4 is 0 Å². The van der Waals surface area contributed by atoms with Gasteiger partial charge in [0.25, 0.3) is 0 Å². The second-order valence-corrected chi connectivity index (χ2v) is 7.76. The topological polar surface area (TPSA) is 57.6 Å². The number of nitrogens with zero attached hydrogens (tertiary/aromatic N) is 1. The van der Waals surface area contributed by atoms with Crippen molar-refractivity contribution in [2.75, 3.05) is 13.7 Å². The van der Waals surface area contributed by atoms with Crippen LogP contribution in [0.2, 0.25) is 0 Å². The van der Waals surface area contributed by atoms with Gasteiger partial charge in [0.1, 0.15) is 0 Å². The van der Waals surface area contributed by atoms with Crippen molar-refractivity contribution in [1.82, 2.24) is 4.31 Å². The molecule has 1 atom stereocenters. The van der Waals surface area contributed by atoms with Crippen LogP contribution in [-0.4, -0.2) is 37.5 Å². The molecule has 108 valence electrons. The monoisotopic (exact) mass is 285 g/mol. The van der Waals surface area contributed by atoms with E-state index in [-0.39, 0.29) is 12.0 Å². The third kappa shape index (κ3) is 3.35. The molecular weight excluding hydrogens is 262 g/mol. The lowest BCUT2D eigenvalue weighted by Gasteiger charge is -2.27. The summed E-state index contributed by atoms with van der Waals surface area (Å²) in [5, 5.41) is 9.14. The Bertz CT molecular complexity index is 532. The Labute approximate surface area is 116 Å². The molecule has 1 N–H and O–H groups in total. The van der Waals surface area contributed by atoms with E-state index in [4.69, 9.17) is 5.11 Å². The van der Waals surface area contributed by atoms with Crippen molar-refractivity contribution < 1.29 is 13.5 Å². The van der Waals surface area contributed by atoms with Gasteiger partial charge in [0.15, 0.2) is 0 Å². The first kappa shape index (κ1) is 16.1. The largest absolute Gasteiger partial charge is 0.395 e. The van der Waals surface area contributed by atoms with Crippen LogP contribution >= 0.6 is 0 Å². The number of aliphatic hydroxyl groups excluding tert-OH is 1. The molecule has 1 aromatic carbocycles. The van der Waals surface area contributed by atoms with E-state index in [1.807, 2.05) is 32.9 Å². The fourth-order valence-corrected chi connectivity index (χ4v) is 3.57. The second kappa shape index (κ2) is 5.61. The van der Waals surface area contributed by atoms with Gasteiger partial charge in [0, 0.05) is 13.1 Å². The predicted molar refractivity (Wildman–Crippen MR) is 76.6 cm³/mol. The van der Waals surface area contributed by atoms with Gasteiger partial charge in [0.2, 0.25) is 10.0 Å². The lowest BCUT2D eigenvalue weighted by Crippen LogP contribution is -2.38. The fraction of sp³-hybridized carbons (Fsp3) is 0.571. The molecular formula is C14H23NO3S. The van der Waals surface area contributed by atoms with E-state index in [2.05, 4.69) is 0 Å². The first-order valence-corrected chi connectivity index (χ1v) is 7.74. The highest BCUT2D eigenvalue weighted by molar-refractivity contribution is 7.89. The van der Waals surface area contributed by atoms with Crippen molar-refractivity contribution in [3.8, 4) is 0 Å². The van der Waals surface area contributed by atoms with Gasteiger partial charge in [-0.05, 0) is 24.0 Å². The van der Waals surface area contributed by atoms with E-state index in [1.54, 1.807) is 19.1 Å². The van der Waals surface area contributed by atoms with E-state index < -0.39 is 16.1 Å². The molecule has 0 saturated heterocycles. The standard InChI is InChI=1S/C14H23NO3S/c1-11(10-16)15(5)19(17,18)13-9-7-6-8-12(13)14(2,3)4/h6-9,11,16H,10H2,1-5H3. The van der Waals surface area contributed by atoms with Gasteiger partial charge in [-0.2, -0.15) is 4.31 Å². The zero-order chi connectivity index (χ0) is 14.8.